The van der Waals surface area contributed by atoms with E-state index in [1.54, 1.807) is 37.3 Å². The maximum atomic E-state index is 14.2. The van der Waals surface area contributed by atoms with Crippen molar-refractivity contribution in [3.63, 3.8) is 0 Å². The first-order valence-electron chi connectivity index (χ1n) is 10.8. The molecule has 0 saturated heterocycles. The van der Waals surface area contributed by atoms with E-state index >= 15 is 0 Å². The smallest absolute Gasteiger partial charge is 0.242 e. The minimum Gasteiger partial charge on any atom is -0.357 e. The van der Waals surface area contributed by atoms with E-state index in [-0.39, 0.29) is 37.7 Å². The number of nitrogens with one attached hydrogen (secondary N) is 1. The molecule has 0 unspecified atom stereocenters. The Hall–Kier alpha value is -2.94. The maximum Gasteiger partial charge on any atom is 0.242 e. The molecule has 0 spiro atoms. The Labute approximate surface area is 195 Å². The Kier molecular flexibility index (Phi) is 8.99. The van der Waals surface area contributed by atoms with Crippen molar-refractivity contribution in [3.05, 3.63) is 65.0 Å². The maximum absolute atomic E-state index is 14.2. The lowest BCUT2D eigenvalue weighted by Gasteiger charge is -2.29. The first-order chi connectivity index (χ1) is 15.5. The van der Waals surface area contributed by atoms with E-state index in [2.05, 4.69) is 5.32 Å². The molecule has 1 N–H and O–H groups in total. The number of sulfonamides is 1. The molecule has 1 atom stereocenters. The number of carbonyl (C=O) groups is 2. The van der Waals surface area contributed by atoms with Gasteiger partial charge in [-0.05, 0) is 50.5 Å². The molecular weight excluding hydrogens is 445 g/mol. The number of hydrogen-bond acceptors (Lipinski definition) is 4. The zero-order valence-corrected chi connectivity index (χ0v) is 20.6. The molecule has 0 fully saturated rings. The molecule has 9 heteroatoms. The van der Waals surface area contributed by atoms with Gasteiger partial charge in [-0.25, -0.2) is 12.8 Å². The van der Waals surface area contributed by atoms with Crippen molar-refractivity contribution in [2.24, 2.45) is 0 Å². The number of aryl methyl sites for hydroxylation is 1. The fourth-order valence-corrected chi connectivity index (χ4v) is 4.61. The number of halogens is 1. The van der Waals surface area contributed by atoms with Crippen LogP contribution in [0.2, 0.25) is 0 Å². The van der Waals surface area contributed by atoms with E-state index in [1.165, 1.54) is 22.3 Å². The van der Waals surface area contributed by atoms with Gasteiger partial charge in [0.25, 0.3) is 0 Å². The van der Waals surface area contributed by atoms with Crippen molar-refractivity contribution < 1.29 is 22.4 Å². The molecule has 0 saturated carbocycles. The Morgan fingerprint density at radius 2 is 1.76 bits per heavy atom. The summed E-state index contributed by atoms with van der Waals surface area (Å²) in [6.07, 6.45) is 1.38. The third kappa shape index (κ3) is 6.77. The van der Waals surface area contributed by atoms with E-state index in [9.17, 15) is 22.4 Å². The molecular formula is C24H32FN3O4S. The van der Waals surface area contributed by atoms with Crippen LogP contribution in [0.4, 0.5) is 10.1 Å². The quantitative estimate of drug-likeness (QED) is 0.570. The Morgan fingerprint density at radius 1 is 1.09 bits per heavy atom. The number of likely N-dealkylation sites (N-methyl/N-ethyl adjacent to an activating group) is 1. The van der Waals surface area contributed by atoms with Crippen LogP contribution in [0, 0.1) is 19.7 Å². The predicted octanol–water partition coefficient (Wildman–Crippen LogP) is 3.15. The van der Waals surface area contributed by atoms with Crippen LogP contribution < -0.4 is 9.62 Å². The van der Waals surface area contributed by atoms with Gasteiger partial charge in [-0.3, -0.25) is 13.9 Å². The van der Waals surface area contributed by atoms with Gasteiger partial charge in [-0.1, -0.05) is 30.3 Å². The number of benzene rings is 2. The molecule has 2 rings (SSSR count). The highest BCUT2D eigenvalue weighted by Crippen LogP contribution is 2.25. The zero-order chi connectivity index (χ0) is 24.8. The highest BCUT2D eigenvalue weighted by molar-refractivity contribution is 7.92. The molecule has 0 bridgehead atoms. The van der Waals surface area contributed by atoms with Gasteiger partial charge in [0.15, 0.2) is 0 Å². The van der Waals surface area contributed by atoms with Crippen molar-refractivity contribution in [2.75, 3.05) is 24.2 Å². The van der Waals surface area contributed by atoms with Crippen LogP contribution in [-0.2, 0) is 26.2 Å². The van der Waals surface area contributed by atoms with Crippen LogP contribution in [0.5, 0.6) is 0 Å². The molecule has 0 radical (unpaired) electrons. The van der Waals surface area contributed by atoms with Gasteiger partial charge in [0.2, 0.25) is 21.8 Å². The topological polar surface area (TPSA) is 86.8 Å². The molecule has 2 aromatic rings. The molecule has 0 heterocycles. The number of rotatable bonds is 10. The molecule has 0 aromatic heterocycles. The molecule has 0 aliphatic carbocycles. The second-order valence-electron chi connectivity index (χ2n) is 8.06. The van der Waals surface area contributed by atoms with Crippen LogP contribution in [0.15, 0.2) is 42.5 Å². The van der Waals surface area contributed by atoms with Gasteiger partial charge >= 0.3 is 0 Å². The van der Waals surface area contributed by atoms with Crippen LogP contribution in [-0.4, -0.2) is 51.0 Å². The van der Waals surface area contributed by atoms with E-state index in [4.69, 9.17) is 0 Å². The predicted molar refractivity (Wildman–Crippen MR) is 128 cm³/mol. The fourth-order valence-electron chi connectivity index (χ4n) is 3.59. The summed E-state index contributed by atoms with van der Waals surface area (Å²) in [6.45, 7) is 5.39. The van der Waals surface area contributed by atoms with Gasteiger partial charge in [0.05, 0.1) is 11.9 Å². The van der Waals surface area contributed by atoms with Gasteiger partial charge < -0.3 is 10.2 Å². The number of anilines is 1. The fraction of sp³-hybridized carbons (Fsp3) is 0.417. The summed E-state index contributed by atoms with van der Waals surface area (Å²) in [5, 5.41) is 2.51. The second kappa shape index (κ2) is 11.3. The van der Waals surface area contributed by atoms with E-state index < -0.39 is 21.9 Å². The van der Waals surface area contributed by atoms with Crippen molar-refractivity contribution in [2.45, 2.75) is 46.2 Å². The second-order valence-corrected chi connectivity index (χ2v) is 9.97. The van der Waals surface area contributed by atoms with Gasteiger partial charge in [-0.2, -0.15) is 0 Å². The molecule has 0 aliphatic rings. The van der Waals surface area contributed by atoms with E-state index in [1.807, 2.05) is 19.9 Å². The number of amides is 2. The first kappa shape index (κ1) is 26.3. The van der Waals surface area contributed by atoms with Gasteiger partial charge in [-0.15, -0.1) is 0 Å². The monoisotopic (exact) mass is 477 g/mol. The van der Waals surface area contributed by atoms with Crippen molar-refractivity contribution in [1.82, 2.24) is 10.2 Å². The molecule has 33 heavy (non-hydrogen) atoms. The van der Waals surface area contributed by atoms with Crippen LogP contribution in [0.25, 0.3) is 0 Å². The molecule has 2 amide bonds. The van der Waals surface area contributed by atoms with Crippen molar-refractivity contribution in [1.29, 1.82) is 0 Å². The lowest BCUT2D eigenvalue weighted by molar-refractivity contribution is -0.140. The highest BCUT2D eigenvalue weighted by atomic mass is 32.2. The van der Waals surface area contributed by atoms with Gasteiger partial charge in [0, 0.05) is 32.1 Å². The molecule has 7 nitrogen and oxygen atoms in total. The Bertz CT molecular complexity index is 1100. The summed E-state index contributed by atoms with van der Waals surface area (Å²) in [4.78, 5) is 26.6. The normalized spacial score (nSPS) is 12.2. The third-order valence-corrected chi connectivity index (χ3v) is 6.89. The standard InChI is InChI=1S/C24H32FN3O4S/c1-17-10-8-13-22(18(17)2)28(33(5,31)32)15-9-14-23(29)27(19(3)24(30)26-4)16-20-11-6-7-12-21(20)25/h6-8,10-13,19H,9,14-16H2,1-5H3,(H,26,30)/t19-/m0/s1. The summed E-state index contributed by atoms with van der Waals surface area (Å²) < 4.78 is 40.4. The SMILES string of the molecule is CNC(=O)[C@H](C)N(Cc1ccccc1F)C(=O)CCCN(c1cccc(C)c1C)S(C)(=O)=O. The number of carbonyl (C=O) groups excluding carboxylic acids is 2. The van der Waals surface area contributed by atoms with E-state index in [0.29, 0.717) is 11.3 Å². The summed E-state index contributed by atoms with van der Waals surface area (Å²) in [7, 11) is -2.10. The van der Waals surface area contributed by atoms with E-state index in [0.717, 1.165) is 17.4 Å². The summed E-state index contributed by atoms with van der Waals surface area (Å²) >= 11 is 0. The Balaban J connectivity index is 2.19. The highest BCUT2D eigenvalue weighted by Gasteiger charge is 2.27. The molecule has 2 aromatic carbocycles. The van der Waals surface area contributed by atoms with Crippen molar-refractivity contribution in [3.8, 4) is 0 Å². The minimum absolute atomic E-state index is 0.00662. The van der Waals surface area contributed by atoms with Gasteiger partial charge in [0.1, 0.15) is 11.9 Å². The van der Waals surface area contributed by atoms with Crippen molar-refractivity contribution >= 4 is 27.5 Å². The first-order valence-corrected chi connectivity index (χ1v) is 12.6. The lowest BCUT2D eigenvalue weighted by Crippen LogP contribution is -2.47. The van der Waals surface area contributed by atoms with Crippen LogP contribution >= 0.6 is 0 Å². The average molecular weight is 478 g/mol. The summed E-state index contributed by atoms with van der Waals surface area (Å²) in [5.74, 6) is -1.19. The lowest BCUT2D eigenvalue weighted by atomic mass is 10.1. The minimum atomic E-state index is -3.57. The van der Waals surface area contributed by atoms with Crippen LogP contribution in [0.1, 0.15) is 36.5 Å². The summed E-state index contributed by atoms with van der Waals surface area (Å²) in [6, 6.07) is 10.7. The number of nitrogens with zero attached hydrogens (tertiary/aromatic N) is 2. The zero-order valence-electron chi connectivity index (χ0n) is 19.8. The summed E-state index contributed by atoms with van der Waals surface area (Å²) in [5.41, 5.74) is 2.69. The third-order valence-electron chi connectivity index (χ3n) is 5.71. The van der Waals surface area contributed by atoms with Crippen LogP contribution in [0.3, 0.4) is 0 Å². The molecule has 180 valence electrons. The Morgan fingerprint density at radius 3 is 2.36 bits per heavy atom. The number of hydrogen-bond donors (Lipinski definition) is 1. The largest absolute Gasteiger partial charge is 0.357 e. The average Bonchev–Trinajstić information content (AvgIpc) is 2.76. The molecule has 0 aliphatic heterocycles.